The number of benzene rings is 2. The summed E-state index contributed by atoms with van der Waals surface area (Å²) in [6, 6.07) is 13.7. The summed E-state index contributed by atoms with van der Waals surface area (Å²) in [4.78, 5) is 17.3. The number of thiophene rings is 1. The van der Waals surface area contributed by atoms with Gasteiger partial charge in [0.25, 0.3) is 0 Å². The van der Waals surface area contributed by atoms with Crippen molar-refractivity contribution in [2.45, 2.75) is 51.9 Å². The van der Waals surface area contributed by atoms with Crippen molar-refractivity contribution in [3.8, 4) is 11.5 Å². The molecule has 0 atom stereocenters. The molecule has 5 heteroatoms. The van der Waals surface area contributed by atoms with Gasteiger partial charge in [0.2, 0.25) is 0 Å². The zero-order chi connectivity index (χ0) is 23.2. The van der Waals surface area contributed by atoms with Crippen molar-refractivity contribution in [2.24, 2.45) is 0 Å². The molecule has 4 rings (SSSR count). The van der Waals surface area contributed by atoms with Crippen molar-refractivity contribution in [3.05, 3.63) is 58.5 Å². The van der Waals surface area contributed by atoms with Crippen LogP contribution in [0.15, 0.2) is 42.5 Å². The van der Waals surface area contributed by atoms with Gasteiger partial charge in [0.1, 0.15) is 18.1 Å². The van der Waals surface area contributed by atoms with E-state index in [0.717, 1.165) is 52.3 Å². The molecule has 0 spiro atoms. The van der Waals surface area contributed by atoms with Crippen molar-refractivity contribution in [1.29, 1.82) is 0 Å². The van der Waals surface area contributed by atoms with E-state index in [9.17, 15) is 4.79 Å². The van der Waals surface area contributed by atoms with Crippen LogP contribution < -0.4 is 9.47 Å². The quantitative estimate of drug-likeness (QED) is 0.305. The molecule has 1 aliphatic rings. The minimum absolute atomic E-state index is 0.113. The fourth-order valence-electron chi connectivity index (χ4n) is 4.79. The van der Waals surface area contributed by atoms with Gasteiger partial charge < -0.3 is 14.4 Å². The first kappa shape index (κ1) is 23.8. The second kappa shape index (κ2) is 11.2. The van der Waals surface area contributed by atoms with Gasteiger partial charge in [-0.15, -0.1) is 11.3 Å². The van der Waals surface area contributed by atoms with Gasteiger partial charge in [-0.2, -0.15) is 0 Å². The molecule has 4 nitrogen and oxygen atoms in total. The molecule has 1 aromatic heterocycles. The lowest BCUT2D eigenvalue weighted by atomic mass is 9.85. The predicted molar refractivity (Wildman–Crippen MR) is 137 cm³/mol. The number of ether oxygens (including phenoxy) is 2. The fraction of sp³-hybridized carbons (Fsp3) is 0.464. The molecule has 0 aliphatic heterocycles. The summed E-state index contributed by atoms with van der Waals surface area (Å²) in [5.74, 6) is 2.24. The zero-order valence-corrected chi connectivity index (χ0v) is 20.9. The number of carbonyl (C=O) groups excluding carboxylic acids is 1. The summed E-state index contributed by atoms with van der Waals surface area (Å²) in [7, 11) is 1.69. The highest BCUT2D eigenvalue weighted by Gasteiger charge is 2.27. The van der Waals surface area contributed by atoms with E-state index >= 15 is 0 Å². The minimum atomic E-state index is 0.113. The lowest BCUT2D eigenvalue weighted by molar-refractivity contribution is 0.103. The zero-order valence-electron chi connectivity index (χ0n) is 20.1. The first-order valence-corrected chi connectivity index (χ1v) is 13.1. The molecule has 2 aromatic carbocycles. The Hall–Kier alpha value is -2.37. The van der Waals surface area contributed by atoms with E-state index in [-0.39, 0.29) is 5.78 Å². The summed E-state index contributed by atoms with van der Waals surface area (Å²) in [5, 5.41) is 1.05. The summed E-state index contributed by atoms with van der Waals surface area (Å²) in [5.41, 5.74) is 1.61. The third kappa shape index (κ3) is 5.42. The van der Waals surface area contributed by atoms with E-state index in [1.807, 2.05) is 30.3 Å². The number of hydrogen-bond donors (Lipinski definition) is 0. The molecule has 0 radical (unpaired) electrons. The van der Waals surface area contributed by atoms with Crippen LogP contribution in [0.1, 0.15) is 72.7 Å². The van der Waals surface area contributed by atoms with E-state index in [1.54, 1.807) is 18.4 Å². The van der Waals surface area contributed by atoms with E-state index in [2.05, 4.69) is 30.9 Å². The van der Waals surface area contributed by atoms with Crippen molar-refractivity contribution in [2.75, 3.05) is 33.4 Å². The van der Waals surface area contributed by atoms with E-state index in [1.165, 1.54) is 37.0 Å². The summed E-state index contributed by atoms with van der Waals surface area (Å²) in [6.07, 6.45) is 6.13. The topological polar surface area (TPSA) is 38.8 Å². The van der Waals surface area contributed by atoms with Gasteiger partial charge in [0.15, 0.2) is 5.78 Å². The molecule has 0 saturated heterocycles. The molecule has 1 heterocycles. The van der Waals surface area contributed by atoms with Crippen LogP contribution in [0.25, 0.3) is 10.1 Å². The maximum atomic E-state index is 13.8. The Morgan fingerprint density at radius 3 is 2.36 bits per heavy atom. The summed E-state index contributed by atoms with van der Waals surface area (Å²) >= 11 is 1.77. The van der Waals surface area contributed by atoms with Gasteiger partial charge in [-0.3, -0.25) is 4.79 Å². The second-order valence-corrected chi connectivity index (χ2v) is 9.85. The first-order chi connectivity index (χ1) is 16.1. The Balaban J connectivity index is 1.59. The highest BCUT2D eigenvalue weighted by atomic mass is 32.1. The smallest absolute Gasteiger partial charge is 0.194 e. The number of fused-ring (bicyclic) bond motifs is 1. The first-order valence-electron chi connectivity index (χ1n) is 12.2. The minimum Gasteiger partial charge on any atom is -0.497 e. The molecular formula is C28H35NO3S. The number of nitrogens with zero attached hydrogens (tertiary/aromatic N) is 1. The highest BCUT2D eigenvalue weighted by molar-refractivity contribution is 7.19. The molecule has 1 fully saturated rings. The van der Waals surface area contributed by atoms with Crippen molar-refractivity contribution in [1.82, 2.24) is 4.90 Å². The predicted octanol–water partition coefficient (Wildman–Crippen LogP) is 6.91. The molecule has 1 aliphatic carbocycles. The van der Waals surface area contributed by atoms with Gasteiger partial charge in [0, 0.05) is 32.6 Å². The molecule has 3 aromatic rings. The monoisotopic (exact) mass is 465 g/mol. The lowest BCUT2D eigenvalue weighted by Crippen LogP contribution is -2.27. The Morgan fingerprint density at radius 2 is 1.70 bits per heavy atom. The van der Waals surface area contributed by atoms with E-state index in [0.29, 0.717) is 12.5 Å². The SMILES string of the molecule is CCN(CC)CCOc1ccc(C(=O)c2c(C3CCCCC3)sc3cc(OC)ccc23)cc1. The number of rotatable bonds is 10. The fourth-order valence-corrected chi connectivity index (χ4v) is 6.19. The maximum Gasteiger partial charge on any atom is 0.194 e. The van der Waals surface area contributed by atoms with Gasteiger partial charge in [-0.1, -0.05) is 33.1 Å². The Kier molecular flexibility index (Phi) is 8.05. The average Bonchev–Trinajstić information content (AvgIpc) is 3.26. The molecule has 1 saturated carbocycles. The molecule has 0 amide bonds. The van der Waals surface area contributed by atoms with Crippen LogP contribution >= 0.6 is 11.3 Å². The molecule has 0 unspecified atom stereocenters. The standard InChI is InChI=1S/C28H35NO3S/c1-4-29(5-2)17-18-32-22-13-11-20(12-14-22)27(30)26-24-16-15-23(31-3)19-25(24)33-28(26)21-9-7-6-8-10-21/h11-16,19,21H,4-10,17-18H2,1-3H3. The van der Waals surface area contributed by atoms with E-state index in [4.69, 9.17) is 9.47 Å². The van der Waals surface area contributed by atoms with Gasteiger partial charge in [-0.25, -0.2) is 0 Å². The van der Waals surface area contributed by atoms with Crippen LogP contribution in [-0.4, -0.2) is 44.0 Å². The number of hydrogen-bond acceptors (Lipinski definition) is 5. The van der Waals surface area contributed by atoms with Crippen LogP contribution in [-0.2, 0) is 0 Å². The Morgan fingerprint density at radius 1 is 1.00 bits per heavy atom. The van der Waals surface area contributed by atoms with Crippen molar-refractivity contribution >= 4 is 27.2 Å². The Labute approximate surface area is 201 Å². The number of likely N-dealkylation sites (N-methyl/N-ethyl adjacent to an activating group) is 1. The number of carbonyl (C=O) groups is 1. The molecule has 0 bridgehead atoms. The maximum absolute atomic E-state index is 13.8. The largest absolute Gasteiger partial charge is 0.497 e. The third-order valence-corrected chi connectivity index (χ3v) is 8.13. The molecule has 176 valence electrons. The van der Waals surface area contributed by atoms with Crippen molar-refractivity contribution in [3.63, 3.8) is 0 Å². The van der Waals surface area contributed by atoms with Gasteiger partial charge in [-0.05, 0) is 74.3 Å². The normalized spacial score (nSPS) is 14.7. The van der Waals surface area contributed by atoms with Gasteiger partial charge >= 0.3 is 0 Å². The van der Waals surface area contributed by atoms with Gasteiger partial charge in [0.05, 0.1) is 7.11 Å². The summed E-state index contributed by atoms with van der Waals surface area (Å²) in [6.45, 7) is 7.93. The van der Waals surface area contributed by atoms with Crippen LogP contribution in [0.2, 0.25) is 0 Å². The highest BCUT2D eigenvalue weighted by Crippen LogP contribution is 2.44. The average molecular weight is 466 g/mol. The molecule has 0 N–H and O–H groups in total. The lowest BCUT2D eigenvalue weighted by Gasteiger charge is -2.21. The second-order valence-electron chi connectivity index (χ2n) is 8.77. The Bertz CT molecular complexity index is 1060. The molecular weight excluding hydrogens is 430 g/mol. The van der Waals surface area contributed by atoms with Crippen LogP contribution in [0, 0.1) is 0 Å². The number of ketones is 1. The van der Waals surface area contributed by atoms with Crippen molar-refractivity contribution < 1.29 is 14.3 Å². The van der Waals surface area contributed by atoms with E-state index < -0.39 is 0 Å². The summed E-state index contributed by atoms with van der Waals surface area (Å²) < 4.78 is 12.5. The van der Waals surface area contributed by atoms with Crippen LogP contribution in [0.3, 0.4) is 0 Å². The third-order valence-electron chi connectivity index (χ3n) is 6.81. The molecule has 33 heavy (non-hydrogen) atoms. The van der Waals surface area contributed by atoms with Crippen LogP contribution in [0.5, 0.6) is 11.5 Å². The number of methoxy groups -OCH3 is 1. The van der Waals surface area contributed by atoms with Crippen LogP contribution in [0.4, 0.5) is 0 Å².